The third kappa shape index (κ3) is 4.14. The van der Waals surface area contributed by atoms with Crippen molar-refractivity contribution >= 4 is 11.8 Å². The minimum absolute atomic E-state index is 0.0941. The summed E-state index contributed by atoms with van der Waals surface area (Å²) in [6, 6.07) is 1.95. The number of alkyl halides is 3. The third-order valence-electron chi connectivity index (χ3n) is 4.76. The maximum Gasteiger partial charge on any atom is 0.433 e. The van der Waals surface area contributed by atoms with Gasteiger partial charge in [-0.2, -0.15) is 13.2 Å². The van der Waals surface area contributed by atoms with E-state index < -0.39 is 11.9 Å². The lowest BCUT2D eigenvalue weighted by Gasteiger charge is -2.35. The molecular weight excluding hydrogens is 351 g/mol. The topological polar surface area (TPSA) is 62.7 Å². The van der Waals surface area contributed by atoms with Crippen molar-refractivity contribution in [3.05, 3.63) is 29.6 Å². The van der Waals surface area contributed by atoms with Gasteiger partial charge in [0, 0.05) is 38.3 Å². The summed E-state index contributed by atoms with van der Waals surface area (Å²) >= 11 is 0. The SMILES string of the molecule is O=C(c1ccc(C(F)(F)F)nc1)N1CCC(C(=O)N2CCOCC2)CC1. The first-order valence-electron chi connectivity index (χ1n) is 8.55. The van der Waals surface area contributed by atoms with Crippen LogP contribution in [0.15, 0.2) is 18.3 Å². The summed E-state index contributed by atoms with van der Waals surface area (Å²) in [7, 11) is 0. The van der Waals surface area contributed by atoms with Crippen LogP contribution in [0.4, 0.5) is 13.2 Å². The molecule has 1 aromatic heterocycles. The van der Waals surface area contributed by atoms with Crippen LogP contribution >= 0.6 is 0 Å². The van der Waals surface area contributed by atoms with Crippen LogP contribution in [0.3, 0.4) is 0 Å². The molecule has 9 heteroatoms. The minimum atomic E-state index is -4.53. The molecule has 2 saturated heterocycles. The predicted octanol–water partition coefficient (Wildman–Crippen LogP) is 1.81. The van der Waals surface area contributed by atoms with Gasteiger partial charge >= 0.3 is 6.18 Å². The summed E-state index contributed by atoms with van der Waals surface area (Å²) in [5.41, 5.74) is -0.903. The molecule has 2 amide bonds. The maximum absolute atomic E-state index is 12.5. The molecule has 26 heavy (non-hydrogen) atoms. The fourth-order valence-corrected chi connectivity index (χ4v) is 3.24. The van der Waals surface area contributed by atoms with Crippen LogP contribution in [0.25, 0.3) is 0 Å². The highest BCUT2D eigenvalue weighted by atomic mass is 19.4. The first-order valence-corrected chi connectivity index (χ1v) is 8.55. The van der Waals surface area contributed by atoms with E-state index in [-0.39, 0.29) is 23.3 Å². The number of hydrogen-bond donors (Lipinski definition) is 0. The van der Waals surface area contributed by atoms with Gasteiger partial charge in [-0.3, -0.25) is 14.6 Å². The van der Waals surface area contributed by atoms with Crippen LogP contribution in [-0.2, 0) is 15.7 Å². The molecule has 6 nitrogen and oxygen atoms in total. The summed E-state index contributed by atoms with van der Waals surface area (Å²) in [6.45, 7) is 3.08. The molecular formula is C17H20F3N3O3. The number of carbonyl (C=O) groups is 2. The van der Waals surface area contributed by atoms with E-state index in [0.29, 0.717) is 52.2 Å². The number of likely N-dealkylation sites (tertiary alicyclic amines) is 1. The Bertz CT molecular complexity index is 649. The van der Waals surface area contributed by atoms with E-state index in [4.69, 9.17) is 4.74 Å². The lowest BCUT2D eigenvalue weighted by Crippen LogP contribution is -2.47. The summed E-state index contributed by atoms with van der Waals surface area (Å²) in [4.78, 5) is 31.6. The fourth-order valence-electron chi connectivity index (χ4n) is 3.24. The number of carbonyl (C=O) groups excluding carboxylic acids is 2. The van der Waals surface area contributed by atoms with Crippen LogP contribution in [0, 0.1) is 5.92 Å². The van der Waals surface area contributed by atoms with Crippen LogP contribution in [0.1, 0.15) is 28.9 Å². The lowest BCUT2D eigenvalue weighted by molar-refractivity contribution is -0.141. The Morgan fingerprint density at radius 1 is 1.04 bits per heavy atom. The molecule has 0 N–H and O–H groups in total. The molecule has 0 spiro atoms. The monoisotopic (exact) mass is 371 g/mol. The van der Waals surface area contributed by atoms with E-state index in [1.807, 2.05) is 0 Å². The quantitative estimate of drug-likeness (QED) is 0.796. The van der Waals surface area contributed by atoms with Crippen molar-refractivity contribution in [2.75, 3.05) is 39.4 Å². The Hall–Kier alpha value is -2.16. The second-order valence-electron chi connectivity index (χ2n) is 6.43. The van der Waals surface area contributed by atoms with Gasteiger partial charge in [-0.05, 0) is 25.0 Å². The van der Waals surface area contributed by atoms with Crippen molar-refractivity contribution in [1.29, 1.82) is 0 Å². The largest absolute Gasteiger partial charge is 0.433 e. The number of hydrogen-bond acceptors (Lipinski definition) is 4. The van der Waals surface area contributed by atoms with Gasteiger partial charge in [0.15, 0.2) is 0 Å². The molecule has 0 radical (unpaired) electrons. The Kier molecular flexibility index (Phi) is 5.45. The number of piperidine rings is 1. The van der Waals surface area contributed by atoms with Crippen molar-refractivity contribution in [3.8, 4) is 0 Å². The number of halogens is 3. The van der Waals surface area contributed by atoms with E-state index in [2.05, 4.69) is 4.98 Å². The Labute approximate surface area is 148 Å². The first-order chi connectivity index (χ1) is 12.4. The second-order valence-corrected chi connectivity index (χ2v) is 6.43. The van der Waals surface area contributed by atoms with Crippen LogP contribution < -0.4 is 0 Å². The third-order valence-corrected chi connectivity index (χ3v) is 4.76. The molecule has 0 saturated carbocycles. The number of aromatic nitrogens is 1. The summed E-state index contributed by atoms with van der Waals surface area (Å²) in [5.74, 6) is -0.386. The standard InChI is InChI=1S/C17H20F3N3O3/c18-17(19,20)14-2-1-13(11-21-14)16(25)22-5-3-12(4-6-22)15(24)23-7-9-26-10-8-23/h1-2,11-12H,3-10H2. The second kappa shape index (κ2) is 7.61. The number of ether oxygens (including phenoxy) is 1. The van der Waals surface area contributed by atoms with Gasteiger partial charge in [-0.15, -0.1) is 0 Å². The molecule has 0 atom stereocenters. The highest BCUT2D eigenvalue weighted by Crippen LogP contribution is 2.27. The molecule has 2 aliphatic rings. The van der Waals surface area contributed by atoms with Crippen molar-refractivity contribution < 1.29 is 27.5 Å². The molecule has 1 aromatic rings. The summed E-state index contributed by atoms with van der Waals surface area (Å²) < 4.78 is 42.9. The van der Waals surface area contributed by atoms with Crippen molar-refractivity contribution in [1.82, 2.24) is 14.8 Å². The Morgan fingerprint density at radius 2 is 1.69 bits per heavy atom. The predicted molar refractivity (Wildman–Crippen MR) is 85.3 cm³/mol. The van der Waals surface area contributed by atoms with Gasteiger partial charge in [0.2, 0.25) is 5.91 Å². The zero-order valence-electron chi connectivity index (χ0n) is 14.2. The molecule has 3 rings (SSSR count). The Morgan fingerprint density at radius 3 is 2.23 bits per heavy atom. The van der Waals surface area contributed by atoms with E-state index in [1.165, 1.54) is 0 Å². The van der Waals surface area contributed by atoms with E-state index in [0.717, 1.165) is 18.3 Å². The van der Waals surface area contributed by atoms with Crippen LogP contribution in [0.2, 0.25) is 0 Å². The summed E-state index contributed by atoms with van der Waals surface area (Å²) in [5, 5.41) is 0. The Balaban J connectivity index is 1.55. The number of amides is 2. The maximum atomic E-state index is 12.5. The minimum Gasteiger partial charge on any atom is -0.378 e. The van der Waals surface area contributed by atoms with Gasteiger partial charge in [-0.25, -0.2) is 0 Å². The van der Waals surface area contributed by atoms with E-state index >= 15 is 0 Å². The van der Waals surface area contributed by atoms with E-state index in [1.54, 1.807) is 9.80 Å². The molecule has 2 fully saturated rings. The van der Waals surface area contributed by atoms with Gasteiger partial charge in [0.1, 0.15) is 5.69 Å². The van der Waals surface area contributed by atoms with Crippen molar-refractivity contribution in [2.45, 2.75) is 19.0 Å². The van der Waals surface area contributed by atoms with Gasteiger partial charge in [-0.1, -0.05) is 0 Å². The van der Waals surface area contributed by atoms with Crippen LogP contribution in [-0.4, -0.2) is 66.0 Å². The highest BCUT2D eigenvalue weighted by molar-refractivity contribution is 5.94. The smallest absolute Gasteiger partial charge is 0.378 e. The average molecular weight is 371 g/mol. The molecule has 3 heterocycles. The molecule has 0 unspecified atom stereocenters. The lowest BCUT2D eigenvalue weighted by atomic mass is 9.94. The van der Waals surface area contributed by atoms with Gasteiger partial charge < -0.3 is 14.5 Å². The van der Waals surface area contributed by atoms with Crippen LogP contribution in [0.5, 0.6) is 0 Å². The normalized spacial score (nSPS) is 19.5. The van der Waals surface area contributed by atoms with Gasteiger partial charge in [0.05, 0.1) is 18.8 Å². The zero-order chi connectivity index (χ0) is 18.7. The number of nitrogens with zero attached hydrogens (tertiary/aromatic N) is 3. The fraction of sp³-hybridized carbons (Fsp3) is 0.588. The molecule has 2 aliphatic heterocycles. The van der Waals surface area contributed by atoms with Crippen molar-refractivity contribution in [3.63, 3.8) is 0 Å². The molecule has 0 bridgehead atoms. The number of rotatable bonds is 2. The molecule has 0 aliphatic carbocycles. The van der Waals surface area contributed by atoms with Crippen molar-refractivity contribution in [2.24, 2.45) is 5.92 Å². The summed E-state index contributed by atoms with van der Waals surface area (Å²) in [6.07, 6.45) is -2.47. The zero-order valence-corrected chi connectivity index (χ0v) is 14.2. The average Bonchev–Trinajstić information content (AvgIpc) is 2.67. The first kappa shape index (κ1) is 18.6. The van der Waals surface area contributed by atoms with E-state index in [9.17, 15) is 22.8 Å². The highest BCUT2D eigenvalue weighted by Gasteiger charge is 2.33. The number of pyridine rings is 1. The molecule has 0 aromatic carbocycles. The molecule has 142 valence electrons. The number of morpholine rings is 1. The van der Waals surface area contributed by atoms with Gasteiger partial charge in [0.25, 0.3) is 5.91 Å².